The Balaban J connectivity index is 2.36. The smallest absolute Gasteiger partial charge is 0.342 e. The molecule has 0 spiro atoms. The van der Waals surface area contributed by atoms with Crippen LogP contribution < -0.4 is 10.5 Å². The molecule has 2 aromatic rings. The third-order valence-corrected chi connectivity index (χ3v) is 2.67. The number of hydrogen-bond acceptors (Lipinski definition) is 5. The molecule has 6 heteroatoms. The number of ether oxygens (including phenoxy) is 2. The van der Waals surface area contributed by atoms with E-state index in [2.05, 4.69) is 5.10 Å². The van der Waals surface area contributed by atoms with Crippen LogP contribution in [0.4, 0.5) is 5.69 Å². The minimum atomic E-state index is -0.464. The fourth-order valence-corrected chi connectivity index (χ4v) is 1.80. The van der Waals surface area contributed by atoms with Crippen LogP contribution in [0.5, 0.6) is 11.6 Å². The summed E-state index contributed by atoms with van der Waals surface area (Å²) < 4.78 is 12.3. The van der Waals surface area contributed by atoms with Gasteiger partial charge in [0, 0.05) is 18.8 Å². The summed E-state index contributed by atoms with van der Waals surface area (Å²) in [6, 6.07) is 6.63. The van der Waals surface area contributed by atoms with E-state index in [0.717, 1.165) is 5.69 Å². The number of hydrogen-bond donors (Lipinski definition) is 1. The summed E-state index contributed by atoms with van der Waals surface area (Å²) in [7, 11) is 1.77. The third-order valence-electron chi connectivity index (χ3n) is 2.67. The first kappa shape index (κ1) is 13.9. The summed E-state index contributed by atoms with van der Waals surface area (Å²) in [4.78, 5) is 11.9. The maximum absolute atomic E-state index is 11.9. The molecule has 20 heavy (non-hydrogen) atoms. The molecule has 6 nitrogen and oxygen atoms in total. The lowest BCUT2D eigenvalue weighted by Gasteiger charge is -2.11. The van der Waals surface area contributed by atoms with Crippen molar-refractivity contribution in [3.05, 3.63) is 35.5 Å². The van der Waals surface area contributed by atoms with Crippen LogP contribution >= 0.6 is 0 Å². The molecule has 1 aromatic heterocycles. The van der Waals surface area contributed by atoms with Crippen LogP contribution in [-0.4, -0.2) is 22.4 Å². The van der Waals surface area contributed by atoms with E-state index in [-0.39, 0.29) is 6.61 Å². The van der Waals surface area contributed by atoms with Crippen molar-refractivity contribution < 1.29 is 14.3 Å². The zero-order valence-corrected chi connectivity index (χ0v) is 11.7. The second-order valence-electron chi connectivity index (χ2n) is 4.33. The molecule has 0 saturated heterocycles. The molecule has 106 valence electrons. The van der Waals surface area contributed by atoms with Gasteiger partial charge in [-0.1, -0.05) is 0 Å². The Morgan fingerprint density at radius 2 is 2.15 bits per heavy atom. The average molecular weight is 275 g/mol. The number of benzene rings is 1. The van der Waals surface area contributed by atoms with Crippen LogP contribution in [0.25, 0.3) is 0 Å². The first-order valence-corrected chi connectivity index (χ1v) is 6.26. The average Bonchev–Trinajstić information content (AvgIpc) is 2.70. The number of aryl methyl sites for hydroxylation is 2. The summed E-state index contributed by atoms with van der Waals surface area (Å²) in [5.41, 5.74) is 7.31. The molecule has 0 aliphatic heterocycles. The van der Waals surface area contributed by atoms with Crippen LogP contribution in [0.1, 0.15) is 23.0 Å². The first-order chi connectivity index (χ1) is 9.51. The van der Waals surface area contributed by atoms with Gasteiger partial charge in [-0.15, -0.1) is 0 Å². The number of aromatic nitrogens is 2. The number of nitrogens with two attached hydrogens (primary N) is 1. The molecule has 0 bridgehead atoms. The summed E-state index contributed by atoms with van der Waals surface area (Å²) in [5, 5.41) is 4.19. The van der Waals surface area contributed by atoms with E-state index in [1.54, 1.807) is 36.9 Å². The van der Waals surface area contributed by atoms with Gasteiger partial charge in [0.05, 0.1) is 12.3 Å². The molecule has 0 saturated carbocycles. The van der Waals surface area contributed by atoms with Crippen LogP contribution in [0.2, 0.25) is 0 Å². The zero-order chi connectivity index (χ0) is 14.7. The van der Waals surface area contributed by atoms with E-state index in [1.165, 1.54) is 6.07 Å². The standard InChI is InChI=1S/C14H17N3O3/c1-4-19-14(18)11-8-10(15)5-6-12(11)20-13-7-9(2)16-17(13)3/h5-8H,4,15H2,1-3H3. The Morgan fingerprint density at radius 3 is 2.75 bits per heavy atom. The van der Waals surface area contributed by atoms with Crippen molar-refractivity contribution in [2.24, 2.45) is 7.05 Å². The minimum Gasteiger partial charge on any atom is -0.462 e. The minimum absolute atomic E-state index is 0.290. The van der Waals surface area contributed by atoms with Crippen molar-refractivity contribution >= 4 is 11.7 Å². The summed E-state index contributed by atoms with van der Waals surface area (Å²) >= 11 is 0. The number of nitrogen functional groups attached to an aromatic ring is 1. The molecule has 0 aliphatic carbocycles. The fraction of sp³-hybridized carbons (Fsp3) is 0.286. The molecular weight excluding hydrogens is 258 g/mol. The van der Waals surface area contributed by atoms with E-state index in [9.17, 15) is 4.79 Å². The molecule has 2 N–H and O–H groups in total. The topological polar surface area (TPSA) is 79.4 Å². The van der Waals surface area contributed by atoms with Crippen LogP contribution in [0.3, 0.4) is 0 Å². The molecule has 0 aliphatic rings. The van der Waals surface area contributed by atoms with E-state index in [0.29, 0.717) is 22.9 Å². The van der Waals surface area contributed by atoms with Crippen molar-refractivity contribution in [3.8, 4) is 11.6 Å². The van der Waals surface area contributed by atoms with E-state index in [4.69, 9.17) is 15.2 Å². The van der Waals surface area contributed by atoms with Crippen molar-refractivity contribution in [2.45, 2.75) is 13.8 Å². The third kappa shape index (κ3) is 2.90. The molecule has 0 atom stereocenters. The SMILES string of the molecule is CCOC(=O)c1cc(N)ccc1Oc1cc(C)nn1C. The number of carbonyl (C=O) groups is 1. The molecular formula is C14H17N3O3. The van der Waals surface area contributed by atoms with Crippen molar-refractivity contribution in [1.29, 1.82) is 0 Å². The van der Waals surface area contributed by atoms with Gasteiger partial charge in [-0.25, -0.2) is 9.48 Å². The van der Waals surface area contributed by atoms with Crippen LogP contribution in [0, 0.1) is 6.92 Å². The molecule has 0 unspecified atom stereocenters. The molecule has 1 heterocycles. The maximum Gasteiger partial charge on any atom is 0.342 e. The zero-order valence-electron chi connectivity index (χ0n) is 11.7. The van der Waals surface area contributed by atoms with E-state index < -0.39 is 5.97 Å². The van der Waals surface area contributed by atoms with Crippen LogP contribution in [0.15, 0.2) is 24.3 Å². The number of anilines is 1. The number of esters is 1. The van der Waals surface area contributed by atoms with Gasteiger partial charge in [0.15, 0.2) is 0 Å². The summed E-state index contributed by atoms with van der Waals surface area (Å²) in [5.74, 6) is 0.465. The van der Waals surface area contributed by atoms with Gasteiger partial charge < -0.3 is 15.2 Å². The van der Waals surface area contributed by atoms with Gasteiger partial charge in [-0.2, -0.15) is 5.10 Å². The highest BCUT2D eigenvalue weighted by Gasteiger charge is 2.16. The second kappa shape index (κ2) is 5.64. The van der Waals surface area contributed by atoms with Crippen molar-refractivity contribution in [3.63, 3.8) is 0 Å². The monoisotopic (exact) mass is 275 g/mol. The van der Waals surface area contributed by atoms with E-state index in [1.807, 2.05) is 6.92 Å². The van der Waals surface area contributed by atoms with Gasteiger partial charge in [0.25, 0.3) is 0 Å². The lowest BCUT2D eigenvalue weighted by atomic mass is 10.2. The number of rotatable bonds is 4. The number of carbonyl (C=O) groups excluding carboxylic acids is 1. The Kier molecular flexibility index (Phi) is 3.93. The first-order valence-electron chi connectivity index (χ1n) is 6.26. The Hall–Kier alpha value is -2.50. The molecule has 0 radical (unpaired) electrons. The van der Waals surface area contributed by atoms with Gasteiger partial charge in [-0.3, -0.25) is 0 Å². The fourth-order valence-electron chi connectivity index (χ4n) is 1.80. The Morgan fingerprint density at radius 1 is 1.40 bits per heavy atom. The van der Waals surface area contributed by atoms with Gasteiger partial charge >= 0.3 is 5.97 Å². The lowest BCUT2D eigenvalue weighted by molar-refractivity contribution is 0.0523. The summed E-state index contributed by atoms with van der Waals surface area (Å²) in [6.45, 7) is 3.90. The quantitative estimate of drug-likeness (QED) is 0.684. The van der Waals surface area contributed by atoms with Crippen molar-refractivity contribution in [2.75, 3.05) is 12.3 Å². The normalized spacial score (nSPS) is 10.3. The second-order valence-corrected chi connectivity index (χ2v) is 4.33. The number of nitrogens with zero attached hydrogens (tertiary/aromatic N) is 2. The van der Waals surface area contributed by atoms with Gasteiger partial charge in [0.2, 0.25) is 5.88 Å². The predicted octanol–water partition coefficient (Wildman–Crippen LogP) is 2.28. The van der Waals surface area contributed by atoms with E-state index >= 15 is 0 Å². The highest BCUT2D eigenvalue weighted by molar-refractivity contribution is 5.93. The maximum atomic E-state index is 11.9. The van der Waals surface area contributed by atoms with Crippen LogP contribution in [-0.2, 0) is 11.8 Å². The highest BCUT2D eigenvalue weighted by Crippen LogP contribution is 2.28. The highest BCUT2D eigenvalue weighted by atomic mass is 16.5. The molecule has 2 rings (SSSR count). The van der Waals surface area contributed by atoms with Gasteiger partial charge in [-0.05, 0) is 32.0 Å². The lowest BCUT2D eigenvalue weighted by Crippen LogP contribution is -2.08. The molecule has 1 aromatic carbocycles. The molecule has 0 fully saturated rings. The molecule has 0 amide bonds. The van der Waals surface area contributed by atoms with Crippen molar-refractivity contribution in [1.82, 2.24) is 9.78 Å². The largest absolute Gasteiger partial charge is 0.462 e. The summed E-state index contributed by atoms with van der Waals surface area (Å²) in [6.07, 6.45) is 0. The predicted molar refractivity (Wildman–Crippen MR) is 74.8 cm³/mol. The Labute approximate surface area is 117 Å². The Bertz CT molecular complexity index is 635. The van der Waals surface area contributed by atoms with Gasteiger partial charge in [0.1, 0.15) is 11.3 Å².